The van der Waals surface area contributed by atoms with Crippen LogP contribution in [0.5, 0.6) is 0 Å². The number of nitrogens with zero attached hydrogens (tertiary/aromatic N) is 3. The summed E-state index contributed by atoms with van der Waals surface area (Å²) in [7, 11) is 0. The fraction of sp³-hybridized carbons (Fsp3) is 0.560. The molecule has 202 valence electrons. The second-order valence-corrected chi connectivity index (χ2v) is 10.8. The third-order valence-corrected chi connectivity index (χ3v) is 8.60. The molecule has 6 rings (SSSR count). The van der Waals surface area contributed by atoms with Crippen LogP contribution in [-0.4, -0.2) is 92.0 Å². The van der Waals surface area contributed by atoms with Gasteiger partial charge in [0.25, 0.3) is 5.91 Å². The summed E-state index contributed by atoms with van der Waals surface area (Å²) in [5.74, 6) is -3.57. The topological polar surface area (TPSA) is 198 Å². The van der Waals surface area contributed by atoms with E-state index in [2.05, 4.69) is 20.9 Å². The van der Waals surface area contributed by atoms with Crippen LogP contribution in [0.25, 0.3) is 0 Å². The van der Waals surface area contributed by atoms with E-state index in [0.29, 0.717) is 5.56 Å². The Bertz CT molecular complexity index is 1280. The maximum Gasteiger partial charge on any atom is 0.346 e. The summed E-state index contributed by atoms with van der Waals surface area (Å²) in [4.78, 5) is 43.6. The first-order valence-electron chi connectivity index (χ1n) is 13.1. The van der Waals surface area contributed by atoms with E-state index in [1.165, 1.54) is 4.58 Å². The molecule has 3 unspecified atom stereocenters. The second kappa shape index (κ2) is 8.67. The highest BCUT2D eigenvalue weighted by atomic mass is 16.5. The molecule has 1 aliphatic carbocycles. The Morgan fingerprint density at radius 2 is 1.87 bits per heavy atom. The number of hydrogen-bond donors (Lipinski definition) is 7. The van der Waals surface area contributed by atoms with Gasteiger partial charge in [-0.1, -0.05) is 18.6 Å². The number of fused-ring (bicyclic) bond motifs is 1. The minimum atomic E-state index is -2.58. The lowest BCUT2D eigenvalue weighted by Crippen LogP contribution is -2.79. The molecular formula is C25H33N8O5+. The van der Waals surface area contributed by atoms with E-state index in [-0.39, 0.29) is 49.7 Å². The average Bonchev–Trinajstić information content (AvgIpc) is 3.37. The van der Waals surface area contributed by atoms with E-state index in [9.17, 15) is 24.6 Å². The van der Waals surface area contributed by atoms with Crippen LogP contribution in [0, 0.1) is 0 Å². The lowest BCUT2D eigenvalue weighted by Gasteiger charge is -2.44. The zero-order chi connectivity index (χ0) is 26.8. The Morgan fingerprint density at radius 3 is 2.63 bits per heavy atom. The molecule has 9 N–H and O–H groups in total. The molecule has 0 aromatic heterocycles. The number of nitrogens with one attached hydrogen (secondary N) is 3. The van der Waals surface area contributed by atoms with Crippen molar-refractivity contribution in [1.82, 2.24) is 20.9 Å². The molecule has 0 saturated carbocycles. The minimum Gasteiger partial charge on any atom is -0.370 e. The zero-order valence-corrected chi connectivity index (χ0v) is 20.9. The largest absolute Gasteiger partial charge is 0.370 e. The second-order valence-electron chi connectivity index (χ2n) is 10.8. The van der Waals surface area contributed by atoms with Gasteiger partial charge in [0.1, 0.15) is 18.1 Å². The number of hydrogen-bond acceptors (Lipinski definition) is 10. The molecule has 1 aromatic rings. The number of nitrogens with two attached hydrogens (primary N) is 2. The van der Waals surface area contributed by atoms with Crippen LogP contribution in [-0.2, 0) is 22.4 Å². The van der Waals surface area contributed by atoms with Gasteiger partial charge >= 0.3 is 5.96 Å². The number of guanidine groups is 2. The summed E-state index contributed by atoms with van der Waals surface area (Å²) in [5.41, 5.74) is 13.3. The molecular weight excluding hydrogens is 492 g/mol. The lowest BCUT2D eigenvalue weighted by molar-refractivity contribution is -0.623. The smallest absolute Gasteiger partial charge is 0.346 e. The number of carbonyl (C=O) groups is 3. The van der Waals surface area contributed by atoms with E-state index in [0.717, 1.165) is 48.1 Å². The Hall–Kier alpha value is -3.71. The maximum absolute atomic E-state index is 13.5. The van der Waals surface area contributed by atoms with Crippen molar-refractivity contribution in [3.8, 4) is 0 Å². The average molecular weight is 526 g/mol. The van der Waals surface area contributed by atoms with Crippen LogP contribution in [0.4, 0.5) is 0 Å². The van der Waals surface area contributed by atoms with Crippen LogP contribution in [0.3, 0.4) is 0 Å². The van der Waals surface area contributed by atoms with E-state index in [1.807, 2.05) is 12.1 Å². The summed E-state index contributed by atoms with van der Waals surface area (Å²) in [5, 5.41) is 32.1. The first-order valence-corrected chi connectivity index (χ1v) is 13.1. The molecule has 3 amide bonds. The van der Waals surface area contributed by atoms with Gasteiger partial charge in [-0.2, -0.15) is 0 Å². The summed E-state index contributed by atoms with van der Waals surface area (Å²) in [6.45, 7) is -0.118. The molecule has 0 bridgehead atoms. The Labute approximate surface area is 218 Å². The molecule has 0 radical (unpaired) electrons. The van der Waals surface area contributed by atoms with Gasteiger partial charge in [-0.05, 0) is 42.9 Å². The molecule has 1 aromatic carbocycles. The van der Waals surface area contributed by atoms with Crippen molar-refractivity contribution in [2.24, 2.45) is 16.5 Å². The van der Waals surface area contributed by atoms with Crippen LogP contribution in [0.15, 0.2) is 23.2 Å². The Kier molecular flexibility index (Phi) is 5.61. The highest BCUT2D eigenvalue weighted by Gasteiger charge is 2.75. The Morgan fingerprint density at radius 1 is 1.13 bits per heavy atom. The number of carbonyl (C=O) groups excluding carboxylic acids is 3. The van der Waals surface area contributed by atoms with Gasteiger partial charge in [0.05, 0.1) is 13.1 Å². The molecule has 5 aliphatic rings. The summed E-state index contributed by atoms with van der Waals surface area (Å²) in [6, 6.07) is 2.80. The third-order valence-electron chi connectivity index (χ3n) is 8.60. The van der Waals surface area contributed by atoms with E-state index >= 15 is 0 Å². The van der Waals surface area contributed by atoms with Crippen molar-refractivity contribution in [3.63, 3.8) is 0 Å². The van der Waals surface area contributed by atoms with Crippen molar-refractivity contribution in [1.29, 1.82) is 0 Å². The van der Waals surface area contributed by atoms with Crippen molar-refractivity contribution < 1.29 is 29.2 Å². The van der Waals surface area contributed by atoms with Crippen molar-refractivity contribution in [2.75, 3.05) is 13.1 Å². The van der Waals surface area contributed by atoms with Gasteiger partial charge in [0.2, 0.25) is 23.3 Å². The normalized spacial score (nSPS) is 31.6. The molecule has 4 aliphatic heterocycles. The molecule has 13 nitrogen and oxygen atoms in total. The molecule has 4 heterocycles. The van der Waals surface area contributed by atoms with E-state index < -0.39 is 35.5 Å². The molecule has 38 heavy (non-hydrogen) atoms. The lowest BCUT2D eigenvalue weighted by atomic mass is 9.85. The van der Waals surface area contributed by atoms with Gasteiger partial charge in [0.15, 0.2) is 5.96 Å². The fourth-order valence-electron chi connectivity index (χ4n) is 6.74. The molecule has 2 fully saturated rings. The number of amides is 3. The molecule has 13 heteroatoms. The van der Waals surface area contributed by atoms with Crippen LogP contribution in [0.1, 0.15) is 53.6 Å². The number of benzene rings is 1. The summed E-state index contributed by atoms with van der Waals surface area (Å²) in [6.07, 6.45) is 5.10. The quantitative estimate of drug-likeness (QED) is 0.0938. The van der Waals surface area contributed by atoms with Crippen molar-refractivity contribution in [2.45, 2.75) is 74.5 Å². The van der Waals surface area contributed by atoms with Crippen LogP contribution in [0.2, 0.25) is 0 Å². The van der Waals surface area contributed by atoms with Gasteiger partial charge in [-0.3, -0.25) is 30.3 Å². The van der Waals surface area contributed by atoms with Crippen LogP contribution < -0.4 is 27.4 Å². The predicted molar refractivity (Wildman–Crippen MR) is 135 cm³/mol. The first kappa shape index (κ1) is 24.6. The van der Waals surface area contributed by atoms with Gasteiger partial charge < -0.3 is 26.6 Å². The number of likely N-dealkylation sites (tertiary alicyclic amines) is 1. The van der Waals surface area contributed by atoms with Gasteiger partial charge in [-0.25, -0.2) is 9.57 Å². The highest BCUT2D eigenvalue weighted by molar-refractivity contribution is 6.02. The standard InChI is InChI=1S/C25H32N8O5/c26-22-30-20-16(11-32-18(34)9-10-19(32)35)28-23(27)33-12-17(25(37,38)24(20,33)31-22)29-21(36)15-8-4-6-13-5-2-1-3-7-14(13)15/h4,6,8,16-17,20,37-38H,1-3,5,7,9-12H2,(H6,26,27,28,29,30,31,36)/p+1/t16-,17?,20?,24?/m0/s1. The zero-order valence-electron chi connectivity index (χ0n) is 20.9. The first-order chi connectivity index (χ1) is 18.1. The summed E-state index contributed by atoms with van der Waals surface area (Å²) < 4.78 is 1.50. The van der Waals surface area contributed by atoms with Gasteiger partial charge in [0, 0.05) is 18.4 Å². The number of imide groups is 1. The monoisotopic (exact) mass is 525 g/mol. The fourth-order valence-corrected chi connectivity index (χ4v) is 6.74. The molecule has 1 spiro atoms. The summed E-state index contributed by atoms with van der Waals surface area (Å²) >= 11 is 0. The number of aryl methyl sites for hydroxylation is 1. The number of aliphatic imine (C=N–C) groups is 1. The van der Waals surface area contributed by atoms with Crippen molar-refractivity contribution >= 4 is 29.6 Å². The minimum absolute atomic E-state index is 0.0478. The number of aliphatic hydroxyl groups is 2. The maximum atomic E-state index is 13.5. The molecule has 2 saturated heterocycles. The number of rotatable bonds is 4. The molecule has 4 atom stereocenters. The third kappa shape index (κ3) is 3.48. The highest BCUT2D eigenvalue weighted by Crippen LogP contribution is 2.42. The van der Waals surface area contributed by atoms with Gasteiger partial charge in [-0.15, -0.1) is 0 Å². The van der Waals surface area contributed by atoms with E-state index in [4.69, 9.17) is 11.5 Å². The Balaban J connectivity index is 1.31. The van der Waals surface area contributed by atoms with Crippen LogP contribution >= 0.6 is 0 Å². The SMILES string of the molecule is NC1=NC2[C@H](CN3C(=O)CCC3=O)NC(N)=[N+]3CC(NC(=O)c4cccc5c4CCCCC5)C(O)(O)C23N1. The van der Waals surface area contributed by atoms with Crippen molar-refractivity contribution in [3.05, 3.63) is 34.9 Å². The van der Waals surface area contributed by atoms with E-state index in [1.54, 1.807) is 6.07 Å². The predicted octanol–water partition coefficient (Wildman–Crippen LogP) is -2.82.